The van der Waals surface area contributed by atoms with E-state index in [2.05, 4.69) is 57.6 Å². The van der Waals surface area contributed by atoms with Gasteiger partial charge in [-0.05, 0) is 48.7 Å². The minimum absolute atomic E-state index is 0.0423. The van der Waals surface area contributed by atoms with Gasteiger partial charge in [0.1, 0.15) is 0 Å². The van der Waals surface area contributed by atoms with Crippen molar-refractivity contribution in [1.29, 1.82) is 0 Å². The van der Waals surface area contributed by atoms with Gasteiger partial charge in [-0.25, -0.2) is 0 Å². The molecule has 2 aromatic carbocycles. The van der Waals surface area contributed by atoms with Gasteiger partial charge in [-0.1, -0.05) is 36.4 Å². The molecule has 2 aromatic rings. The molecular weight excluding hydrogens is 362 g/mol. The summed E-state index contributed by atoms with van der Waals surface area (Å²) in [6, 6.07) is 18.4. The van der Waals surface area contributed by atoms with E-state index in [-0.39, 0.29) is 11.9 Å². The Kier molecular flexibility index (Phi) is 6.27. The molecule has 0 saturated carbocycles. The normalized spacial score (nSPS) is 18.8. The van der Waals surface area contributed by atoms with Crippen molar-refractivity contribution in [1.82, 2.24) is 4.90 Å². The lowest BCUT2D eigenvalue weighted by molar-refractivity contribution is -0.120. The summed E-state index contributed by atoms with van der Waals surface area (Å²) in [6.07, 6.45) is 3.22. The third-order valence-corrected chi connectivity index (χ3v) is 5.82. The molecule has 2 aliphatic rings. The highest BCUT2D eigenvalue weighted by Crippen LogP contribution is 2.24. The van der Waals surface area contributed by atoms with Crippen LogP contribution in [0.1, 0.15) is 18.9 Å². The van der Waals surface area contributed by atoms with E-state index in [1.165, 1.54) is 16.8 Å². The molecule has 5 nitrogen and oxygen atoms in total. The van der Waals surface area contributed by atoms with Crippen molar-refractivity contribution in [2.24, 2.45) is 0 Å². The average molecular weight is 392 g/mol. The van der Waals surface area contributed by atoms with Crippen LogP contribution in [0.5, 0.6) is 0 Å². The van der Waals surface area contributed by atoms with Gasteiger partial charge in [0.25, 0.3) is 0 Å². The maximum Gasteiger partial charge on any atom is 0.241 e. The van der Waals surface area contributed by atoms with Crippen molar-refractivity contribution < 1.29 is 9.53 Å². The van der Waals surface area contributed by atoms with E-state index in [9.17, 15) is 4.79 Å². The van der Waals surface area contributed by atoms with E-state index in [0.717, 1.165) is 51.5 Å². The topological polar surface area (TPSA) is 44.8 Å². The van der Waals surface area contributed by atoms with Crippen LogP contribution in [0.3, 0.4) is 0 Å². The number of nitrogens with zero attached hydrogens (tertiary/aromatic N) is 2. The van der Waals surface area contributed by atoms with E-state index in [4.69, 9.17) is 4.74 Å². The largest absolute Gasteiger partial charge is 0.378 e. The van der Waals surface area contributed by atoms with E-state index < -0.39 is 0 Å². The minimum Gasteiger partial charge on any atom is -0.378 e. The molecule has 4 rings (SSSR count). The summed E-state index contributed by atoms with van der Waals surface area (Å²) in [5.74, 6) is 0.0423. The van der Waals surface area contributed by atoms with Gasteiger partial charge < -0.3 is 15.0 Å². The van der Waals surface area contributed by atoms with Crippen LogP contribution < -0.4 is 10.2 Å². The first-order chi connectivity index (χ1) is 14.2. The lowest BCUT2D eigenvalue weighted by Crippen LogP contribution is -2.44. The second-order valence-corrected chi connectivity index (χ2v) is 7.65. The summed E-state index contributed by atoms with van der Waals surface area (Å²) in [7, 11) is 0. The summed E-state index contributed by atoms with van der Waals surface area (Å²) >= 11 is 0. The fraction of sp³-hybridized carbons (Fsp3) is 0.375. The van der Waals surface area contributed by atoms with Crippen LogP contribution in [0.15, 0.2) is 60.7 Å². The molecule has 2 heterocycles. The number of hydrogen-bond donors (Lipinski definition) is 1. The first-order valence-corrected chi connectivity index (χ1v) is 10.4. The van der Waals surface area contributed by atoms with Crippen LogP contribution in [-0.2, 0) is 9.53 Å². The van der Waals surface area contributed by atoms with E-state index in [1.807, 2.05) is 25.1 Å². The molecular formula is C24H29N3O2. The first kappa shape index (κ1) is 19.7. The number of amides is 1. The molecule has 0 spiro atoms. The van der Waals surface area contributed by atoms with Crippen molar-refractivity contribution in [2.45, 2.75) is 19.4 Å². The van der Waals surface area contributed by atoms with Gasteiger partial charge in [0.05, 0.1) is 19.3 Å². The average Bonchev–Trinajstić information content (AvgIpc) is 2.80. The number of anilines is 2. The summed E-state index contributed by atoms with van der Waals surface area (Å²) in [4.78, 5) is 17.3. The SMILES string of the molecule is C[C@@H](C(=O)Nc1ccc(N2CCOCC2)cc1)N1CC=C(c2ccccc2)CC1. The zero-order valence-corrected chi connectivity index (χ0v) is 17.0. The van der Waals surface area contributed by atoms with Crippen LogP contribution in [0.25, 0.3) is 5.57 Å². The zero-order valence-electron chi connectivity index (χ0n) is 17.0. The van der Waals surface area contributed by atoms with E-state index >= 15 is 0 Å². The van der Waals surface area contributed by atoms with Crippen LogP contribution in [0.2, 0.25) is 0 Å². The van der Waals surface area contributed by atoms with Crippen molar-refractivity contribution in [3.05, 3.63) is 66.2 Å². The Bertz CT molecular complexity index is 842. The maximum absolute atomic E-state index is 12.7. The third kappa shape index (κ3) is 4.86. The van der Waals surface area contributed by atoms with Crippen molar-refractivity contribution in [3.63, 3.8) is 0 Å². The van der Waals surface area contributed by atoms with Crippen LogP contribution in [0.4, 0.5) is 11.4 Å². The number of carbonyl (C=O) groups is 1. The minimum atomic E-state index is -0.164. The van der Waals surface area contributed by atoms with Gasteiger partial charge in [-0.15, -0.1) is 0 Å². The smallest absolute Gasteiger partial charge is 0.241 e. The van der Waals surface area contributed by atoms with Gasteiger partial charge in [0.15, 0.2) is 0 Å². The number of hydrogen-bond acceptors (Lipinski definition) is 4. The second-order valence-electron chi connectivity index (χ2n) is 7.65. The highest BCUT2D eigenvalue weighted by molar-refractivity contribution is 5.94. The molecule has 1 saturated heterocycles. The first-order valence-electron chi connectivity index (χ1n) is 10.4. The number of carbonyl (C=O) groups excluding carboxylic acids is 1. The second kappa shape index (κ2) is 9.25. The number of benzene rings is 2. The molecule has 1 atom stereocenters. The monoisotopic (exact) mass is 391 g/mol. The van der Waals surface area contributed by atoms with Gasteiger partial charge in [0, 0.05) is 37.6 Å². The van der Waals surface area contributed by atoms with Gasteiger partial charge in [-0.2, -0.15) is 0 Å². The summed E-state index contributed by atoms with van der Waals surface area (Å²) in [6.45, 7) is 7.05. The molecule has 152 valence electrons. The maximum atomic E-state index is 12.7. The van der Waals surface area contributed by atoms with Crippen LogP contribution in [0, 0.1) is 0 Å². The Morgan fingerprint density at radius 2 is 1.72 bits per heavy atom. The highest BCUT2D eigenvalue weighted by atomic mass is 16.5. The molecule has 1 amide bonds. The summed E-state index contributed by atoms with van der Waals surface area (Å²) < 4.78 is 5.41. The van der Waals surface area contributed by atoms with Crippen molar-refractivity contribution in [2.75, 3.05) is 49.6 Å². The predicted octanol–water partition coefficient (Wildman–Crippen LogP) is 3.64. The molecule has 0 unspecified atom stereocenters. The van der Waals surface area contributed by atoms with E-state index in [0.29, 0.717) is 0 Å². The molecule has 0 bridgehead atoms. The standard InChI is InChI=1S/C24H29N3O2/c1-19(26-13-11-21(12-14-26)20-5-3-2-4-6-20)24(28)25-22-7-9-23(10-8-22)27-15-17-29-18-16-27/h2-11,19H,12-18H2,1H3,(H,25,28)/t19-/m0/s1. The Labute approximate surface area is 173 Å². The number of morpholine rings is 1. The Morgan fingerprint density at radius 3 is 2.38 bits per heavy atom. The molecule has 5 heteroatoms. The Balaban J connectivity index is 1.32. The molecule has 2 aliphatic heterocycles. The lowest BCUT2D eigenvalue weighted by Gasteiger charge is -2.31. The van der Waals surface area contributed by atoms with Crippen molar-refractivity contribution >= 4 is 22.9 Å². The number of rotatable bonds is 5. The molecule has 0 aromatic heterocycles. The van der Waals surface area contributed by atoms with Gasteiger partial charge in [-0.3, -0.25) is 9.69 Å². The highest BCUT2D eigenvalue weighted by Gasteiger charge is 2.23. The summed E-state index contributed by atoms with van der Waals surface area (Å²) in [5, 5.41) is 3.07. The lowest BCUT2D eigenvalue weighted by atomic mass is 9.99. The third-order valence-electron chi connectivity index (χ3n) is 5.82. The van der Waals surface area contributed by atoms with E-state index in [1.54, 1.807) is 0 Å². The van der Waals surface area contributed by atoms with Crippen LogP contribution in [-0.4, -0.2) is 56.2 Å². The Hall–Kier alpha value is -2.63. The van der Waals surface area contributed by atoms with Crippen LogP contribution >= 0.6 is 0 Å². The molecule has 0 radical (unpaired) electrons. The Morgan fingerprint density at radius 1 is 1.00 bits per heavy atom. The van der Waals surface area contributed by atoms with Gasteiger partial charge in [0.2, 0.25) is 5.91 Å². The number of nitrogens with one attached hydrogen (secondary N) is 1. The molecule has 1 N–H and O–H groups in total. The predicted molar refractivity (Wildman–Crippen MR) is 118 cm³/mol. The van der Waals surface area contributed by atoms with Crippen molar-refractivity contribution in [3.8, 4) is 0 Å². The summed E-state index contributed by atoms with van der Waals surface area (Å²) in [5.41, 5.74) is 4.67. The fourth-order valence-corrected chi connectivity index (χ4v) is 3.94. The zero-order chi connectivity index (χ0) is 20.1. The number of ether oxygens (including phenoxy) is 1. The molecule has 0 aliphatic carbocycles. The molecule has 29 heavy (non-hydrogen) atoms. The fourth-order valence-electron chi connectivity index (χ4n) is 3.94. The molecule has 1 fully saturated rings. The quantitative estimate of drug-likeness (QED) is 0.845. The van der Waals surface area contributed by atoms with Gasteiger partial charge >= 0.3 is 0 Å².